The van der Waals surface area contributed by atoms with Crippen LogP contribution < -0.4 is 5.32 Å². The molecule has 2 unspecified atom stereocenters. The molecule has 1 aromatic carbocycles. The van der Waals surface area contributed by atoms with Gasteiger partial charge in [-0.25, -0.2) is 0 Å². The van der Waals surface area contributed by atoms with Crippen molar-refractivity contribution in [3.63, 3.8) is 0 Å². The van der Waals surface area contributed by atoms with E-state index >= 15 is 0 Å². The van der Waals surface area contributed by atoms with Gasteiger partial charge in [0.05, 0.1) is 18.8 Å². The molecule has 0 amide bonds. The Morgan fingerprint density at radius 2 is 2.00 bits per heavy atom. The van der Waals surface area contributed by atoms with Gasteiger partial charge < -0.3 is 19.7 Å². The molecule has 0 aromatic heterocycles. The monoisotopic (exact) mass is 432 g/mol. The summed E-state index contributed by atoms with van der Waals surface area (Å²) in [6, 6.07) is 11.2. The Hall–Kier alpha value is -1.28. The molecule has 1 aromatic rings. The molecule has 166 valence electrons. The molecule has 2 atom stereocenters. The summed E-state index contributed by atoms with van der Waals surface area (Å²) >= 11 is 2.07. The fourth-order valence-corrected chi connectivity index (χ4v) is 6.18. The highest BCUT2D eigenvalue weighted by molar-refractivity contribution is 8.00. The smallest absolute Gasteiger partial charge is 0.193 e. The summed E-state index contributed by atoms with van der Waals surface area (Å²) in [5.74, 6) is 2.14. The van der Waals surface area contributed by atoms with Gasteiger partial charge in [0.25, 0.3) is 0 Å². The summed E-state index contributed by atoms with van der Waals surface area (Å²) in [5, 5.41) is 3.71. The first-order valence-corrected chi connectivity index (χ1v) is 12.3. The van der Waals surface area contributed by atoms with E-state index in [4.69, 9.17) is 9.47 Å². The zero-order valence-corrected chi connectivity index (χ0v) is 19.2. The summed E-state index contributed by atoms with van der Waals surface area (Å²) in [7, 11) is 1.90. The normalized spacial score (nSPS) is 27.1. The van der Waals surface area contributed by atoms with Crippen LogP contribution in [0.15, 0.2) is 35.3 Å². The Morgan fingerprint density at radius 3 is 2.73 bits per heavy atom. The van der Waals surface area contributed by atoms with E-state index in [0.29, 0.717) is 6.04 Å². The van der Waals surface area contributed by atoms with Crippen LogP contribution in [-0.2, 0) is 16.0 Å². The predicted molar refractivity (Wildman–Crippen MR) is 124 cm³/mol. The van der Waals surface area contributed by atoms with Gasteiger partial charge in [0.1, 0.15) is 0 Å². The molecule has 3 fully saturated rings. The van der Waals surface area contributed by atoms with Gasteiger partial charge in [-0.3, -0.25) is 9.89 Å². The standard InChI is InChI=1S/C23H36N4O2S/c1-3-30-23(9-12-28-13-10-23)18-25-22(24-2)27-16-20-21(17-27)29-14-11-26(20)15-19-7-5-4-6-8-19/h4-8,20-21H,3,9-18H2,1-2H3,(H,24,25). The van der Waals surface area contributed by atoms with E-state index in [2.05, 4.69) is 69.1 Å². The number of fused-ring (bicyclic) bond motifs is 1. The van der Waals surface area contributed by atoms with Gasteiger partial charge in [0, 0.05) is 57.7 Å². The Balaban J connectivity index is 1.37. The molecule has 1 N–H and O–H groups in total. The minimum atomic E-state index is 0.253. The molecular weight excluding hydrogens is 396 g/mol. The van der Waals surface area contributed by atoms with Crippen LogP contribution in [0.1, 0.15) is 25.3 Å². The van der Waals surface area contributed by atoms with E-state index in [1.807, 2.05) is 7.05 Å². The van der Waals surface area contributed by atoms with E-state index in [-0.39, 0.29) is 10.9 Å². The third-order valence-electron chi connectivity index (χ3n) is 6.58. The summed E-state index contributed by atoms with van der Waals surface area (Å²) in [5.41, 5.74) is 1.37. The van der Waals surface area contributed by atoms with Crippen molar-refractivity contribution in [3.8, 4) is 0 Å². The highest BCUT2D eigenvalue weighted by Gasteiger charge is 2.41. The van der Waals surface area contributed by atoms with Crippen molar-refractivity contribution in [1.82, 2.24) is 15.1 Å². The number of ether oxygens (including phenoxy) is 2. The van der Waals surface area contributed by atoms with Gasteiger partial charge in [-0.2, -0.15) is 11.8 Å². The van der Waals surface area contributed by atoms with E-state index in [1.165, 1.54) is 5.56 Å². The Bertz CT molecular complexity index is 690. The highest BCUT2D eigenvalue weighted by atomic mass is 32.2. The lowest BCUT2D eigenvalue weighted by Gasteiger charge is -2.37. The molecule has 6 nitrogen and oxygen atoms in total. The lowest BCUT2D eigenvalue weighted by Crippen LogP contribution is -2.50. The maximum atomic E-state index is 6.16. The van der Waals surface area contributed by atoms with Crippen LogP contribution >= 0.6 is 11.8 Å². The lowest BCUT2D eigenvalue weighted by atomic mass is 9.99. The van der Waals surface area contributed by atoms with Gasteiger partial charge in [0.15, 0.2) is 5.96 Å². The molecule has 3 saturated heterocycles. The predicted octanol–water partition coefficient (Wildman–Crippen LogP) is 2.45. The molecule has 3 heterocycles. The lowest BCUT2D eigenvalue weighted by molar-refractivity contribution is -0.0502. The number of thioether (sulfide) groups is 1. The van der Waals surface area contributed by atoms with Crippen LogP contribution in [0, 0.1) is 0 Å². The summed E-state index contributed by atoms with van der Waals surface area (Å²) in [6.45, 7) is 9.59. The number of morpholine rings is 1. The van der Waals surface area contributed by atoms with Gasteiger partial charge in [-0.1, -0.05) is 37.3 Å². The molecule has 0 saturated carbocycles. The fraction of sp³-hybridized carbons (Fsp3) is 0.696. The van der Waals surface area contributed by atoms with Crippen LogP contribution in [0.2, 0.25) is 0 Å². The third kappa shape index (κ3) is 5.13. The minimum absolute atomic E-state index is 0.253. The first-order valence-electron chi connectivity index (χ1n) is 11.3. The topological polar surface area (TPSA) is 49.3 Å². The maximum absolute atomic E-state index is 6.16. The number of nitrogens with one attached hydrogen (secondary N) is 1. The number of nitrogens with zero attached hydrogens (tertiary/aromatic N) is 3. The minimum Gasteiger partial charge on any atom is -0.381 e. The van der Waals surface area contributed by atoms with Crippen molar-refractivity contribution < 1.29 is 9.47 Å². The molecule has 0 bridgehead atoms. The summed E-state index contributed by atoms with van der Waals surface area (Å²) < 4.78 is 12.0. The first-order chi connectivity index (χ1) is 14.7. The summed E-state index contributed by atoms with van der Waals surface area (Å²) in [4.78, 5) is 9.61. The third-order valence-corrected chi connectivity index (χ3v) is 8.03. The zero-order chi connectivity index (χ0) is 20.8. The number of aliphatic imine (C=N–C) groups is 1. The van der Waals surface area contributed by atoms with Crippen LogP contribution in [0.4, 0.5) is 0 Å². The van der Waals surface area contributed by atoms with Crippen LogP contribution in [-0.4, -0.2) is 91.5 Å². The van der Waals surface area contributed by atoms with E-state index < -0.39 is 0 Å². The van der Waals surface area contributed by atoms with Crippen molar-refractivity contribution in [2.24, 2.45) is 4.99 Å². The van der Waals surface area contributed by atoms with Crippen molar-refractivity contribution in [3.05, 3.63) is 35.9 Å². The Kier molecular flexibility index (Phi) is 7.57. The van der Waals surface area contributed by atoms with Crippen molar-refractivity contribution >= 4 is 17.7 Å². The molecule has 4 rings (SSSR count). The second-order valence-corrected chi connectivity index (χ2v) is 10.2. The molecule has 30 heavy (non-hydrogen) atoms. The molecule has 0 aliphatic carbocycles. The average molecular weight is 433 g/mol. The number of guanidine groups is 1. The molecule has 7 heteroatoms. The number of hydrogen-bond donors (Lipinski definition) is 1. The Labute approximate surface area is 185 Å². The first kappa shape index (κ1) is 21.9. The van der Waals surface area contributed by atoms with Crippen molar-refractivity contribution in [2.45, 2.75) is 43.2 Å². The molecule has 3 aliphatic heterocycles. The zero-order valence-electron chi connectivity index (χ0n) is 18.4. The van der Waals surface area contributed by atoms with Crippen molar-refractivity contribution in [1.29, 1.82) is 0 Å². The number of likely N-dealkylation sites (tertiary alicyclic amines) is 1. The van der Waals surface area contributed by atoms with E-state index in [0.717, 1.165) is 77.1 Å². The second kappa shape index (κ2) is 10.4. The molecule has 0 radical (unpaired) electrons. The Morgan fingerprint density at radius 1 is 1.20 bits per heavy atom. The van der Waals surface area contributed by atoms with Gasteiger partial charge in [0.2, 0.25) is 0 Å². The SMILES string of the molecule is CCSC1(CNC(=NC)N2CC3OCCN(Cc4ccccc4)C3C2)CCOCC1. The van der Waals surface area contributed by atoms with Gasteiger partial charge >= 0.3 is 0 Å². The number of rotatable bonds is 6. The summed E-state index contributed by atoms with van der Waals surface area (Å²) in [6.07, 6.45) is 2.46. The largest absolute Gasteiger partial charge is 0.381 e. The van der Waals surface area contributed by atoms with Crippen molar-refractivity contribution in [2.75, 3.05) is 58.8 Å². The van der Waals surface area contributed by atoms with Gasteiger partial charge in [-0.05, 0) is 24.2 Å². The number of benzene rings is 1. The van der Waals surface area contributed by atoms with Crippen LogP contribution in [0.5, 0.6) is 0 Å². The molecule has 0 spiro atoms. The second-order valence-electron chi connectivity index (χ2n) is 8.47. The number of hydrogen-bond acceptors (Lipinski definition) is 5. The fourth-order valence-electron chi connectivity index (χ4n) is 4.94. The molecular formula is C23H36N4O2S. The van der Waals surface area contributed by atoms with Gasteiger partial charge in [-0.15, -0.1) is 0 Å². The van der Waals surface area contributed by atoms with E-state index in [1.54, 1.807) is 0 Å². The quantitative estimate of drug-likeness (QED) is 0.551. The maximum Gasteiger partial charge on any atom is 0.193 e. The average Bonchev–Trinajstić information content (AvgIpc) is 3.21. The highest BCUT2D eigenvalue weighted by Crippen LogP contribution is 2.35. The molecule has 3 aliphatic rings. The van der Waals surface area contributed by atoms with E-state index in [9.17, 15) is 0 Å². The van der Waals surface area contributed by atoms with Crippen LogP contribution in [0.25, 0.3) is 0 Å². The van der Waals surface area contributed by atoms with Crippen LogP contribution in [0.3, 0.4) is 0 Å².